The van der Waals surface area contributed by atoms with Crippen LogP contribution in [0, 0.1) is 13.8 Å². The molecule has 0 saturated heterocycles. The minimum atomic E-state index is 0.608. The Morgan fingerprint density at radius 1 is 1.00 bits per heavy atom. The monoisotopic (exact) mass is 324 g/mol. The zero-order chi connectivity index (χ0) is 15.4. The molecule has 0 amide bonds. The van der Waals surface area contributed by atoms with E-state index in [0.717, 1.165) is 30.0 Å². The van der Waals surface area contributed by atoms with E-state index in [2.05, 4.69) is 27.5 Å². The third-order valence-electron chi connectivity index (χ3n) is 2.91. The highest BCUT2D eigenvalue weighted by Gasteiger charge is 2.07. The van der Waals surface area contributed by atoms with Crippen LogP contribution in [-0.2, 0) is 0 Å². The molecule has 0 fully saturated rings. The van der Waals surface area contributed by atoms with Crippen molar-refractivity contribution in [3.05, 3.63) is 39.6 Å². The molecule has 0 spiro atoms. The molecule has 2 rings (SSSR count). The lowest BCUT2D eigenvalue weighted by molar-refractivity contribution is 0.955. The Bertz CT molecular complexity index is 644. The molecule has 1 aromatic carbocycles. The van der Waals surface area contributed by atoms with E-state index in [0.29, 0.717) is 21.7 Å². The third-order valence-corrected chi connectivity index (χ3v) is 3.63. The molecule has 0 aliphatic heterocycles. The summed E-state index contributed by atoms with van der Waals surface area (Å²) in [4.78, 5) is 8.71. The molecular formula is C15H18Cl2N4. The number of nitrogens with zero attached hydrogens (tertiary/aromatic N) is 2. The Kier molecular flexibility index (Phi) is 5.26. The number of anilines is 3. The van der Waals surface area contributed by atoms with Gasteiger partial charge in [0.2, 0.25) is 0 Å². The summed E-state index contributed by atoms with van der Waals surface area (Å²) in [5, 5.41) is 7.71. The second kappa shape index (κ2) is 6.96. The van der Waals surface area contributed by atoms with Crippen LogP contribution in [0.4, 0.5) is 17.3 Å². The first kappa shape index (κ1) is 15.9. The van der Waals surface area contributed by atoms with Crippen molar-refractivity contribution in [2.24, 2.45) is 0 Å². The topological polar surface area (TPSA) is 49.8 Å². The Hall–Kier alpha value is -1.52. The van der Waals surface area contributed by atoms with Gasteiger partial charge in [-0.2, -0.15) is 0 Å². The van der Waals surface area contributed by atoms with Gasteiger partial charge < -0.3 is 10.6 Å². The van der Waals surface area contributed by atoms with Crippen LogP contribution >= 0.6 is 23.2 Å². The molecule has 0 atom stereocenters. The number of aromatic nitrogens is 2. The van der Waals surface area contributed by atoms with Gasteiger partial charge in [-0.25, -0.2) is 9.97 Å². The minimum Gasteiger partial charge on any atom is -0.370 e. The van der Waals surface area contributed by atoms with Crippen LogP contribution in [-0.4, -0.2) is 16.5 Å². The van der Waals surface area contributed by atoms with Gasteiger partial charge in [-0.05, 0) is 38.0 Å². The van der Waals surface area contributed by atoms with Crippen LogP contribution in [0.5, 0.6) is 0 Å². The van der Waals surface area contributed by atoms with Crippen molar-refractivity contribution in [1.29, 1.82) is 0 Å². The number of nitrogens with one attached hydrogen (secondary N) is 2. The van der Waals surface area contributed by atoms with Gasteiger partial charge in [0.05, 0.1) is 10.7 Å². The zero-order valence-corrected chi connectivity index (χ0v) is 13.8. The van der Waals surface area contributed by atoms with Crippen molar-refractivity contribution in [2.75, 3.05) is 17.2 Å². The Morgan fingerprint density at radius 3 is 2.43 bits per heavy atom. The number of halogens is 2. The summed E-state index contributed by atoms with van der Waals surface area (Å²) in [6.07, 6.45) is 1.03. The molecule has 2 aromatic rings. The van der Waals surface area contributed by atoms with Gasteiger partial charge in [0.15, 0.2) is 0 Å². The molecule has 0 aliphatic rings. The van der Waals surface area contributed by atoms with Crippen molar-refractivity contribution >= 4 is 40.5 Å². The summed E-state index contributed by atoms with van der Waals surface area (Å²) < 4.78 is 0. The highest BCUT2D eigenvalue weighted by molar-refractivity contribution is 6.35. The fourth-order valence-corrected chi connectivity index (χ4v) is 2.28. The normalized spacial score (nSPS) is 10.5. The van der Waals surface area contributed by atoms with Crippen molar-refractivity contribution in [3.63, 3.8) is 0 Å². The molecule has 0 radical (unpaired) electrons. The molecule has 2 N–H and O–H groups in total. The van der Waals surface area contributed by atoms with Crippen LogP contribution in [0.15, 0.2) is 18.2 Å². The van der Waals surface area contributed by atoms with Crippen LogP contribution < -0.4 is 10.6 Å². The lowest BCUT2D eigenvalue weighted by Gasteiger charge is -2.12. The highest BCUT2D eigenvalue weighted by atomic mass is 35.5. The summed E-state index contributed by atoms with van der Waals surface area (Å²) in [7, 11) is 0. The van der Waals surface area contributed by atoms with Crippen molar-refractivity contribution < 1.29 is 0 Å². The largest absolute Gasteiger partial charge is 0.370 e. The number of aryl methyl sites for hydroxylation is 2. The van der Waals surface area contributed by atoms with Gasteiger partial charge in [0, 0.05) is 17.6 Å². The first-order chi connectivity index (χ1) is 9.99. The fraction of sp³-hybridized carbons (Fsp3) is 0.333. The average molecular weight is 325 g/mol. The van der Waals surface area contributed by atoms with Gasteiger partial charge in [0.25, 0.3) is 0 Å². The summed E-state index contributed by atoms with van der Waals surface area (Å²) >= 11 is 12.4. The van der Waals surface area contributed by atoms with Crippen LogP contribution in [0.1, 0.15) is 24.7 Å². The minimum absolute atomic E-state index is 0.608. The van der Waals surface area contributed by atoms with E-state index in [-0.39, 0.29) is 0 Å². The molecule has 21 heavy (non-hydrogen) atoms. The Labute approximate surface area is 134 Å². The second-order valence-electron chi connectivity index (χ2n) is 4.82. The maximum absolute atomic E-state index is 6.23. The molecule has 4 nitrogen and oxygen atoms in total. The number of hydrogen-bond donors (Lipinski definition) is 2. The third kappa shape index (κ3) is 4.22. The molecule has 0 saturated carbocycles. The van der Waals surface area contributed by atoms with Gasteiger partial charge in [0.1, 0.15) is 17.5 Å². The molecule has 112 valence electrons. The maximum atomic E-state index is 6.23. The van der Waals surface area contributed by atoms with E-state index in [4.69, 9.17) is 23.2 Å². The lowest BCUT2D eigenvalue weighted by Crippen LogP contribution is -2.05. The first-order valence-electron chi connectivity index (χ1n) is 6.82. The smallest absolute Gasteiger partial charge is 0.136 e. The molecule has 0 bridgehead atoms. The van der Waals surface area contributed by atoms with Gasteiger partial charge >= 0.3 is 0 Å². The Morgan fingerprint density at radius 2 is 1.71 bits per heavy atom. The van der Waals surface area contributed by atoms with E-state index in [1.54, 1.807) is 6.07 Å². The van der Waals surface area contributed by atoms with E-state index >= 15 is 0 Å². The van der Waals surface area contributed by atoms with E-state index in [1.807, 2.05) is 26.0 Å². The quantitative estimate of drug-likeness (QED) is 0.815. The number of hydrogen-bond acceptors (Lipinski definition) is 4. The predicted molar refractivity (Wildman–Crippen MR) is 90.0 cm³/mol. The van der Waals surface area contributed by atoms with E-state index in [9.17, 15) is 0 Å². The van der Waals surface area contributed by atoms with E-state index in [1.165, 1.54) is 0 Å². The molecule has 1 aromatic heterocycles. The standard InChI is InChI=1S/C15H18Cl2N4/c1-4-5-18-14-8-15(20-10(3)19-14)21-13-7-11(16)9(2)6-12(13)17/h6-8H,4-5H2,1-3H3,(H2,18,19,20,21). The maximum Gasteiger partial charge on any atom is 0.136 e. The van der Waals surface area contributed by atoms with Crippen molar-refractivity contribution in [1.82, 2.24) is 9.97 Å². The summed E-state index contributed by atoms with van der Waals surface area (Å²) in [5.41, 5.74) is 1.67. The molecule has 0 unspecified atom stereocenters. The lowest BCUT2D eigenvalue weighted by atomic mass is 10.2. The predicted octanol–water partition coefficient (Wildman–Crippen LogP) is 4.97. The van der Waals surface area contributed by atoms with Crippen molar-refractivity contribution in [2.45, 2.75) is 27.2 Å². The van der Waals surface area contributed by atoms with Gasteiger partial charge in [-0.1, -0.05) is 30.1 Å². The second-order valence-corrected chi connectivity index (χ2v) is 5.63. The summed E-state index contributed by atoms with van der Waals surface area (Å²) in [5.74, 6) is 2.16. The van der Waals surface area contributed by atoms with Crippen LogP contribution in [0.25, 0.3) is 0 Å². The average Bonchev–Trinajstić information content (AvgIpc) is 2.42. The van der Waals surface area contributed by atoms with Crippen LogP contribution in [0.3, 0.4) is 0 Å². The van der Waals surface area contributed by atoms with Crippen LogP contribution in [0.2, 0.25) is 10.0 Å². The SMILES string of the molecule is CCCNc1cc(Nc2cc(Cl)c(C)cc2Cl)nc(C)n1. The summed E-state index contributed by atoms with van der Waals surface area (Å²) in [6, 6.07) is 5.49. The van der Waals surface area contributed by atoms with E-state index < -0.39 is 0 Å². The number of rotatable bonds is 5. The molecule has 0 aliphatic carbocycles. The highest BCUT2D eigenvalue weighted by Crippen LogP contribution is 2.31. The first-order valence-corrected chi connectivity index (χ1v) is 7.57. The Balaban J connectivity index is 2.27. The molecule has 6 heteroatoms. The molecule has 1 heterocycles. The van der Waals surface area contributed by atoms with Crippen molar-refractivity contribution in [3.8, 4) is 0 Å². The molecular weight excluding hydrogens is 307 g/mol. The number of benzene rings is 1. The van der Waals surface area contributed by atoms with Gasteiger partial charge in [-0.3, -0.25) is 0 Å². The summed E-state index contributed by atoms with van der Waals surface area (Å²) in [6.45, 7) is 6.74. The zero-order valence-electron chi connectivity index (χ0n) is 12.3. The van der Waals surface area contributed by atoms with Gasteiger partial charge in [-0.15, -0.1) is 0 Å². The fourth-order valence-electron chi connectivity index (χ4n) is 1.86.